The van der Waals surface area contributed by atoms with Crippen molar-refractivity contribution in [1.29, 1.82) is 0 Å². The van der Waals surface area contributed by atoms with E-state index in [2.05, 4.69) is 19.2 Å². The SMILES string of the molecule is COCC(C)(C)NC(=O)CCC(CCN)C(C)C. The van der Waals surface area contributed by atoms with E-state index in [0.29, 0.717) is 31.4 Å². The number of ether oxygens (including phenoxy) is 1. The van der Waals surface area contributed by atoms with Crippen LogP contribution in [0.1, 0.15) is 47.0 Å². The topological polar surface area (TPSA) is 64.3 Å². The van der Waals surface area contributed by atoms with Gasteiger partial charge in [0, 0.05) is 13.5 Å². The summed E-state index contributed by atoms with van der Waals surface area (Å²) in [6.45, 7) is 9.53. The number of nitrogens with two attached hydrogens (primary N) is 1. The summed E-state index contributed by atoms with van der Waals surface area (Å²) < 4.78 is 5.08. The van der Waals surface area contributed by atoms with Gasteiger partial charge in [-0.05, 0) is 45.1 Å². The third-order valence-electron chi connectivity index (χ3n) is 3.21. The Morgan fingerprint density at radius 3 is 2.39 bits per heavy atom. The Labute approximate surface area is 112 Å². The van der Waals surface area contributed by atoms with Crippen LogP contribution in [0, 0.1) is 11.8 Å². The number of methoxy groups -OCH3 is 1. The molecular formula is C14H30N2O2. The third-order valence-corrected chi connectivity index (χ3v) is 3.21. The summed E-state index contributed by atoms with van der Waals surface area (Å²) in [6, 6.07) is 0. The summed E-state index contributed by atoms with van der Waals surface area (Å²) >= 11 is 0. The van der Waals surface area contributed by atoms with Gasteiger partial charge < -0.3 is 15.8 Å². The first kappa shape index (κ1) is 17.4. The Morgan fingerprint density at radius 2 is 1.94 bits per heavy atom. The number of nitrogens with one attached hydrogen (secondary N) is 1. The highest BCUT2D eigenvalue weighted by molar-refractivity contribution is 5.76. The smallest absolute Gasteiger partial charge is 0.220 e. The van der Waals surface area contributed by atoms with E-state index in [4.69, 9.17) is 10.5 Å². The van der Waals surface area contributed by atoms with Crippen molar-refractivity contribution in [2.45, 2.75) is 52.5 Å². The zero-order chi connectivity index (χ0) is 14.2. The Bertz CT molecular complexity index is 240. The van der Waals surface area contributed by atoms with Gasteiger partial charge in [0.25, 0.3) is 0 Å². The van der Waals surface area contributed by atoms with Crippen LogP contribution in [0.5, 0.6) is 0 Å². The van der Waals surface area contributed by atoms with Crippen molar-refractivity contribution >= 4 is 5.91 Å². The molecule has 18 heavy (non-hydrogen) atoms. The van der Waals surface area contributed by atoms with E-state index in [9.17, 15) is 4.79 Å². The van der Waals surface area contributed by atoms with Crippen LogP contribution < -0.4 is 11.1 Å². The van der Waals surface area contributed by atoms with Gasteiger partial charge in [0.15, 0.2) is 0 Å². The van der Waals surface area contributed by atoms with Gasteiger partial charge in [0.05, 0.1) is 12.1 Å². The Morgan fingerprint density at radius 1 is 1.33 bits per heavy atom. The highest BCUT2D eigenvalue weighted by Crippen LogP contribution is 2.20. The van der Waals surface area contributed by atoms with Crippen LogP contribution in [-0.2, 0) is 9.53 Å². The normalized spacial score (nSPS) is 13.7. The van der Waals surface area contributed by atoms with Crippen molar-refractivity contribution < 1.29 is 9.53 Å². The fraction of sp³-hybridized carbons (Fsp3) is 0.929. The standard InChI is InChI=1S/C14H30N2O2/c1-11(2)12(8-9-15)6-7-13(17)16-14(3,4)10-18-5/h11-12H,6-10,15H2,1-5H3,(H,16,17). The van der Waals surface area contributed by atoms with Crippen LogP contribution in [0.3, 0.4) is 0 Å². The highest BCUT2D eigenvalue weighted by Gasteiger charge is 2.21. The van der Waals surface area contributed by atoms with Gasteiger partial charge in [-0.3, -0.25) is 4.79 Å². The molecule has 0 aromatic rings. The number of hydrogen-bond donors (Lipinski definition) is 2. The van der Waals surface area contributed by atoms with E-state index in [1.165, 1.54) is 0 Å². The lowest BCUT2D eigenvalue weighted by Crippen LogP contribution is -2.46. The molecule has 0 saturated carbocycles. The second-order valence-electron chi connectivity index (χ2n) is 5.99. The maximum Gasteiger partial charge on any atom is 0.220 e. The summed E-state index contributed by atoms with van der Waals surface area (Å²) in [7, 11) is 1.64. The van der Waals surface area contributed by atoms with E-state index in [1.54, 1.807) is 7.11 Å². The van der Waals surface area contributed by atoms with E-state index in [0.717, 1.165) is 12.8 Å². The fourth-order valence-corrected chi connectivity index (χ4v) is 2.18. The first-order chi connectivity index (χ1) is 8.32. The predicted octanol–water partition coefficient (Wildman–Crippen LogP) is 1.93. The first-order valence-corrected chi connectivity index (χ1v) is 6.82. The van der Waals surface area contributed by atoms with Crippen LogP contribution in [0.15, 0.2) is 0 Å². The lowest BCUT2D eigenvalue weighted by molar-refractivity contribution is -0.123. The molecule has 0 heterocycles. The Balaban J connectivity index is 4.08. The molecule has 1 unspecified atom stereocenters. The molecule has 1 amide bonds. The van der Waals surface area contributed by atoms with Crippen molar-refractivity contribution in [3.63, 3.8) is 0 Å². The van der Waals surface area contributed by atoms with Gasteiger partial charge in [-0.2, -0.15) is 0 Å². The first-order valence-electron chi connectivity index (χ1n) is 6.82. The Kier molecular flexibility index (Phi) is 8.20. The number of carbonyl (C=O) groups is 1. The minimum absolute atomic E-state index is 0.0970. The lowest BCUT2D eigenvalue weighted by Gasteiger charge is -2.26. The monoisotopic (exact) mass is 258 g/mol. The van der Waals surface area contributed by atoms with Crippen molar-refractivity contribution in [1.82, 2.24) is 5.32 Å². The largest absolute Gasteiger partial charge is 0.382 e. The molecule has 3 N–H and O–H groups in total. The number of hydrogen-bond acceptors (Lipinski definition) is 3. The van der Waals surface area contributed by atoms with Crippen LogP contribution in [0.4, 0.5) is 0 Å². The van der Waals surface area contributed by atoms with Crippen LogP contribution in [0.25, 0.3) is 0 Å². The molecule has 108 valence electrons. The van der Waals surface area contributed by atoms with E-state index in [-0.39, 0.29) is 11.4 Å². The molecule has 0 fully saturated rings. The molecule has 1 atom stereocenters. The number of carbonyl (C=O) groups excluding carboxylic acids is 1. The molecule has 0 saturated heterocycles. The van der Waals surface area contributed by atoms with Gasteiger partial charge in [-0.25, -0.2) is 0 Å². The second-order valence-corrected chi connectivity index (χ2v) is 5.99. The van der Waals surface area contributed by atoms with E-state index >= 15 is 0 Å². The molecular weight excluding hydrogens is 228 g/mol. The van der Waals surface area contributed by atoms with Crippen molar-refractivity contribution in [2.24, 2.45) is 17.6 Å². The minimum atomic E-state index is -0.299. The van der Waals surface area contributed by atoms with Crippen molar-refractivity contribution in [2.75, 3.05) is 20.3 Å². The molecule has 4 nitrogen and oxygen atoms in total. The summed E-state index contributed by atoms with van der Waals surface area (Å²) in [5.41, 5.74) is 5.30. The molecule has 0 aliphatic carbocycles. The van der Waals surface area contributed by atoms with Gasteiger partial charge in [0.1, 0.15) is 0 Å². The molecule has 0 aromatic heterocycles. The van der Waals surface area contributed by atoms with Gasteiger partial charge in [0.2, 0.25) is 5.91 Å². The summed E-state index contributed by atoms with van der Waals surface area (Å²) in [5, 5.41) is 3.00. The average molecular weight is 258 g/mol. The zero-order valence-electron chi connectivity index (χ0n) is 12.6. The predicted molar refractivity (Wildman–Crippen MR) is 75.3 cm³/mol. The molecule has 0 spiro atoms. The maximum atomic E-state index is 11.9. The van der Waals surface area contributed by atoms with Crippen LogP contribution >= 0.6 is 0 Å². The van der Waals surface area contributed by atoms with E-state index in [1.807, 2.05) is 13.8 Å². The van der Waals surface area contributed by atoms with Crippen LogP contribution in [-0.4, -0.2) is 31.7 Å². The Hall–Kier alpha value is -0.610. The van der Waals surface area contributed by atoms with Gasteiger partial charge in [-0.1, -0.05) is 13.8 Å². The number of rotatable bonds is 9. The molecule has 0 aliphatic rings. The molecule has 0 aromatic carbocycles. The van der Waals surface area contributed by atoms with Crippen molar-refractivity contribution in [3.05, 3.63) is 0 Å². The summed E-state index contributed by atoms with van der Waals surface area (Å²) in [4.78, 5) is 11.9. The summed E-state index contributed by atoms with van der Waals surface area (Å²) in [6.07, 6.45) is 2.46. The van der Waals surface area contributed by atoms with E-state index < -0.39 is 0 Å². The van der Waals surface area contributed by atoms with Gasteiger partial charge in [-0.15, -0.1) is 0 Å². The van der Waals surface area contributed by atoms with Crippen LogP contribution in [0.2, 0.25) is 0 Å². The highest BCUT2D eigenvalue weighted by atomic mass is 16.5. The second kappa shape index (κ2) is 8.48. The maximum absolute atomic E-state index is 11.9. The third kappa shape index (κ3) is 7.67. The van der Waals surface area contributed by atoms with Gasteiger partial charge >= 0.3 is 0 Å². The molecule has 0 radical (unpaired) electrons. The molecule has 4 heteroatoms. The minimum Gasteiger partial charge on any atom is -0.382 e. The van der Waals surface area contributed by atoms with Crippen molar-refractivity contribution in [3.8, 4) is 0 Å². The average Bonchev–Trinajstić information content (AvgIpc) is 2.22. The fourth-order valence-electron chi connectivity index (χ4n) is 2.18. The molecule has 0 rings (SSSR count). The zero-order valence-corrected chi connectivity index (χ0v) is 12.6. The summed E-state index contributed by atoms with van der Waals surface area (Å²) in [5.74, 6) is 1.21. The molecule has 0 bridgehead atoms. The quantitative estimate of drug-likeness (QED) is 0.664. The number of amides is 1. The lowest BCUT2D eigenvalue weighted by atomic mass is 9.88. The molecule has 0 aliphatic heterocycles.